The maximum Gasteiger partial charge on any atom is 0.211 e. The molecule has 2 heterocycles. The highest BCUT2D eigenvalue weighted by atomic mass is 15.1. The zero-order valence-electron chi connectivity index (χ0n) is 30.7. The fourth-order valence-corrected chi connectivity index (χ4v) is 7.42. The highest BCUT2D eigenvalue weighted by Crippen LogP contribution is 2.43. The molecule has 0 N–H and O–H groups in total. The molecule has 2 aromatic heterocycles. The van der Waals surface area contributed by atoms with E-state index in [1.807, 2.05) is 66.7 Å². The molecule has 0 spiro atoms. The first-order chi connectivity index (χ1) is 28.6. The second-order valence-electron chi connectivity index (χ2n) is 13.5. The molecule has 8 heteroatoms. The van der Waals surface area contributed by atoms with Gasteiger partial charge in [0.1, 0.15) is 0 Å². The molecule has 0 bridgehead atoms. The van der Waals surface area contributed by atoms with Gasteiger partial charge in [0.25, 0.3) is 0 Å². The third-order valence-corrected chi connectivity index (χ3v) is 10.0. The molecule has 0 amide bonds. The van der Waals surface area contributed by atoms with Crippen LogP contribution < -0.4 is 4.90 Å². The molecule has 9 aromatic rings. The highest BCUT2D eigenvalue weighted by molar-refractivity contribution is 6.11. The number of nitriles is 1. The van der Waals surface area contributed by atoms with Crippen LogP contribution >= 0.6 is 0 Å². The standard InChI is InChI=1S/C50H28N8/c1-52-36-16-12-14-33(26-36)44-31-45(56-50(55-44)34-15-13-17-37(27-34)53-2)42-30-46(54-3)49(28-35(42)32-51)58-47-23-11-10-22-41(47)43-29-40(24-25-48(43)58)57(38-18-6-4-7-19-38)39-20-8-5-9-21-39/h4-31H. The van der Waals surface area contributed by atoms with Crippen molar-refractivity contribution in [1.29, 1.82) is 5.26 Å². The molecule has 268 valence electrons. The van der Waals surface area contributed by atoms with Gasteiger partial charge < -0.3 is 9.47 Å². The van der Waals surface area contributed by atoms with E-state index in [1.165, 1.54) is 0 Å². The van der Waals surface area contributed by atoms with Gasteiger partial charge in [0, 0.05) is 39.0 Å². The summed E-state index contributed by atoms with van der Waals surface area (Å²) < 4.78 is 2.06. The van der Waals surface area contributed by atoms with Crippen LogP contribution in [0.2, 0.25) is 0 Å². The molecule has 58 heavy (non-hydrogen) atoms. The Balaban J connectivity index is 1.24. The lowest BCUT2D eigenvalue weighted by Gasteiger charge is -2.25. The van der Waals surface area contributed by atoms with Crippen LogP contribution in [0, 0.1) is 31.0 Å². The van der Waals surface area contributed by atoms with E-state index in [9.17, 15) is 5.26 Å². The lowest BCUT2D eigenvalue weighted by Crippen LogP contribution is -2.09. The summed E-state index contributed by atoms with van der Waals surface area (Å²) in [6.07, 6.45) is 0. The van der Waals surface area contributed by atoms with Crippen molar-refractivity contribution in [2.75, 3.05) is 4.90 Å². The van der Waals surface area contributed by atoms with Crippen molar-refractivity contribution in [3.63, 3.8) is 0 Å². The van der Waals surface area contributed by atoms with Crippen LogP contribution in [0.4, 0.5) is 34.1 Å². The number of nitrogens with zero attached hydrogens (tertiary/aromatic N) is 8. The Morgan fingerprint density at radius 3 is 1.81 bits per heavy atom. The molecule has 0 unspecified atom stereocenters. The van der Waals surface area contributed by atoms with Crippen LogP contribution in [0.25, 0.3) is 75.9 Å². The van der Waals surface area contributed by atoms with E-state index in [-0.39, 0.29) is 0 Å². The Hall–Kier alpha value is -8.82. The zero-order chi connectivity index (χ0) is 39.6. The van der Waals surface area contributed by atoms with Gasteiger partial charge in [-0.1, -0.05) is 91.0 Å². The smallest absolute Gasteiger partial charge is 0.211 e. The van der Waals surface area contributed by atoms with Crippen molar-refractivity contribution in [2.45, 2.75) is 0 Å². The number of para-hydroxylation sites is 3. The number of hydrogen-bond acceptors (Lipinski definition) is 4. The Morgan fingerprint density at radius 2 is 1.14 bits per heavy atom. The quantitative estimate of drug-likeness (QED) is 0.153. The van der Waals surface area contributed by atoms with Crippen LogP contribution in [0.5, 0.6) is 0 Å². The predicted molar refractivity (Wildman–Crippen MR) is 231 cm³/mol. The van der Waals surface area contributed by atoms with Crippen LogP contribution in [0.1, 0.15) is 5.56 Å². The number of benzene rings is 7. The average Bonchev–Trinajstić information content (AvgIpc) is 3.62. The third kappa shape index (κ3) is 6.22. The third-order valence-electron chi connectivity index (χ3n) is 10.0. The van der Waals surface area contributed by atoms with Gasteiger partial charge in [-0.05, 0) is 84.4 Å². The molecule has 0 aliphatic carbocycles. The van der Waals surface area contributed by atoms with Crippen molar-refractivity contribution >= 4 is 55.9 Å². The van der Waals surface area contributed by atoms with Gasteiger partial charge in [0.15, 0.2) is 17.2 Å². The summed E-state index contributed by atoms with van der Waals surface area (Å²) in [5.41, 5.74) is 9.69. The number of hydrogen-bond donors (Lipinski definition) is 0. The van der Waals surface area contributed by atoms with Crippen LogP contribution in [-0.2, 0) is 0 Å². The van der Waals surface area contributed by atoms with E-state index in [4.69, 9.17) is 29.7 Å². The monoisotopic (exact) mass is 740 g/mol. The second-order valence-corrected chi connectivity index (χ2v) is 13.5. The largest absolute Gasteiger partial charge is 0.319 e. The molecule has 0 saturated carbocycles. The van der Waals surface area contributed by atoms with E-state index in [0.717, 1.165) is 38.9 Å². The summed E-state index contributed by atoms with van der Waals surface area (Å²) in [5, 5.41) is 12.8. The fourth-order valence-electron chi connectivity index (χ4n) is 7.42. The number of aromatic nitrogens is 3. The number of rotatable bonds is 7. The SMILES string of the molecule is [C-]#[N+]c1cccc(-c2cc(-c3cc([N+]#[C-])c(-n4c5ccccc5c5cc(N(c6ccccc6)c6ccccc6)ccc54)cc3C#N)nc(-c3cccc([N+]#[C-])c3)n2)c1. The van der Waals surface area contributed by atoms with Crippen LogP contribution in [0.15, 0.2) is 170 Å². The van der Waals surface area contributed by atoms with Crippen molar-refractivity contribution in [2.24, 2.45) is 0 Å². The summed E-state index contributed by atoms with van der Waals surface area (Å²) >= 11 is 0. The Bertz CT molecular complexity index is 3110. The first-order valence-corrected chi connectivity index (χ1v) is 18.3. The second kappa shape index (κ2) is 14.8. The number of fused-ring (bicyclic) bond motifs is 3. The first kappa shape index (κ1) is 34.9. The minimum absolute atomic E-state index is 0.324. The normalized spacial score (nSPS) is 10.7. The molecular weight excluding hydrogens is 713 g/mol. The zero-order valence-corrected chi connectivity index (χ0v) is 30.7. The van der Waals surface area contributed by atoms with E-state index >= 15 is 0 Å². The summed E-state index contributed by atoms with van der Waals surface area (Å²) in [6, 6.07) is 56.8. The van der Waals surface area contributed by atoms with Gasteiger partial charge in [-0.3, -0.25) is 0 Å². The lowest BCUT2D eigenvalue weighted by atomic mass is 10.00. The minimum atomic E-state index is 0.324. The van der Waals surface area contributed by atoms with E-state index in [2.05, 4.69) is 78.6 Å². The lowest BCUT2D eigenvalue weighted by molar-refractivity contribution is 1.17. The minimum Gasteiger partial charge on any atom is -0.319 e. The molecular formula is C50H28N8. The molecule has 9 rings (SSSR count). The molecule has 0 saturated heterocycles. The average molecular weight is 741 g/mol. The highest BCUT2D eigenvalue weighted by Gasteiger charge is 2.22. The molecule has 0 radical (unpaired) electrons. The molecule has 0 aliphatic rings. The summed E-state index contributed by atoms with van der Waals surface area (Å²) in [6.45, 7) is 23.6. The fraction of sp³-hybridized carbons (Fsp3) is 0. The van der Waals surface area contributed by atoms with E-state index in [1.54, 1.807) is 54.6 Å². The van der Waals surface area contributed by atoms with Crippen molar-refractivity contribution in [1.82, 2.24) is 14.5 Å². The van der Waals surface area contributed by atoms with Crippen LogP contribution in [0.3, 0.4) is 0 Å². The topological polar surface area (TPSA) is 70.8 Å². The molecule has 7 aromatic carbocycles. The maximum absolute atomic E-state index is 10.8. The van der Waals surface area contributed by atoms with Crippen molar-refractivity contribution < 1.29 is 0 Å². The molecule has 0 atom stereocenters. The van der Waals surface area contributed by atoms with Gasteiger partial charge in [-0.15, -0.1) is 0 Å². The molecule has 0 fully saturated rings. The maximum atomic E-state index is 10.8. The van der Waals surface area contributed by atoms with Crippen LogP contribution in [-0.4, -0.2) is 14.5 Å². The van der Waals surface area contributed by atoms with Gasteiger partial charge in [0.2, 0.25) is 5.69 Å². The Morgan fingerprint density at radius 1 is 0.517 bits per heavy atom. The molecule has 8 nitrogen and oxygen atoms in total. The van der Waals surface area contributed by atoms with E-state index < -0.39 is 0 Å². The van der Waals surface area contributed by atoms with E-state index in [0.29, 0.717) is 62.2 Å². The Labute approximate surface area is 334 Å². The first-order valence-electron chi connectivity index (χ1n) is 18.3. The Kier molecular flexibility index (Phi) is 8.90. The van der Waals surface area contributed by atoms with Crippen molar-refractivity contribution in [3.8, 4) is 45.7 Å². The van der Waals surface area contributed by atoms with Gasteiger partial charge in [0.05, 0.1) is 59.5 Å². The number of anilines is 3. The van der Waals surface area contributed by atoms with Gasteiger partial charge in [-0.25, -0.2) is 24.5 Å². The van der Waals surface area contributed by atoms with Crippen molar-refractivity contribution in [3.05, 3.63) is 210 Å². The van der Waals surface area contributed by atoms with Gasteiger partial charge >= 0.3 is 0 Å². The van der Waals surface area contributed by atoms with Gasteiger partial charge in [-0.2, -0.15) is 5.26 Å². The summed E-state index contributed by atoms with van der Waals surface area (Å²) in [4.78, 5) is 23.2. The summed E-state index contributed by atoms with van der Waals surface area (Å²) in [5.74, 6) is 0.349. The molecule has 0 aliphatic heterocycles. The summed E-state index contributed by atoms with van der Waals surface area (Å²) in [7, 11) is 0. The predicted octanol–water partition coefficient (Wildman–Crippen LogP) is 13.6.